The average molecular weight is 342 g/mol. The molecule has 0 saturated carbocycles. The fraction of sp³-hybridized carbons (Fsp3) is 0.350. The van der Waals surface area contributed by atoms with E-state index in [1.165, 1.54) is 18.2 Å². The molecule has 0 unspecified atom stereocenters. The number of halogens is 1. The van der Waals surface area contributed by atoms with Gasteiger partial charge in [0.1, 0.15) is 5.82 Å². The molecule has 25 heavy (non-hydrogen) atoms. The number of likely N-dealkylation sites (tertiary alicyclic amines) is 1. The van der Waals surface area contributed by atoms with Crippen molar-refractivity contribution < 1.29 is 14.3 Å². The summed E-state index contributed by atoms with van der Waals surface area (Å²) in [7, 11) is 0. The highest BCUT2D eigenvalue weighted by Gasteiger charge is 2.24. The van der Waals surface area contributed by atoms with Gasteiger partial charge in [0.25, 0.3) is 5.91 Å². The summed E-state index contributed by atoms with van der Waals surface area (Å²) in [4.78, 5) is 14.5. The Morgan fingerprint density at radius 3 is 2.76 bits per heavy atom. The molecule has 0 aliphatic carbocycles. The summed E-state index contributed by atoms with van der Waals surface area (Å²) < 4.78 is 13.2. The Morgan fingerprint density at radius 1 is 1.20 bits per heavy atom. The van der Waals surface area contributed by atoms with Crippen LogP contribution in [-0.4, -0.2) is 35.1 Å². The van der Waals surface area contributed by atoms with Crippen molar-refractivity contribution in [3.63, 3.8) is 0 Å². The van der Waals surface area contributed by atoms with E-state index in [9.17, 15) is 14.3 Å². The maximum absolute atomic E-state index is 13.2. The van der Waals surface area contributed by atoms with E-state index in [0.29, 0.717) is 12.1 Å². The molecule has 0 aromatic heterocycles. The molecule has 2 aromatic carbocycles. The van der Waals surface area contributed by atoms with Crippen LogP contribution in [0.1, 0.15) is 34.3 Å². The lowest BCUT2D eigenvalue weighted by Crippen LogP contribution is -2.32. The fourth-order valence-corrected chi connectivity index (χ4v) is 3.32. The average Bonchev–Trinajstić information content (AvgIpc) is 3.08. The molecule has 1 fully saturated rings. The van der Waals surface area contributed by atoms with Gasteiger partial charge in [0.05, 0.1) is 6.61 Å². The largest absolute Gasteiger partial charge is 0.395 e. The Morgan fingerprint density at radius 2 is 2.00 bits per heavy atom. The van der Waals surface area contributed by atoms with Crippen LogP contribution in [0.2, 0.25) is 0 Å². The predicted octanol–water partition coefficient (Wildman–Crippen LogP) is 2.71. The van der Waals surface area contributed by atoms with Gasteiger partial charge in [0, 0.05) is 24.7 Å². The lowest BCUT2D eigenvalue weighted by atomic mass is 10.1. The number of aliphatic hydroxyl groups excluding tert-OH is 1. The van der Waals surface area contributed by atoms with Crippen molar-refractivity contribution in [1.29, 1.82) is 0 Å². The minimum Gasteiger partial charge on any atom is -0.395 e. The fourth-order valence-electron chi connectivity index (χ4n) is 3.32. The first-order chi connectivity index (χ1) is 12.2. The number of hydrogen-bond acceptors (Lipinski definition) is 3. The number of amides is 1. The second kappa shape index (κ2) is 8.23. The Hall–Kier alpha value is -2.24. The summed E-state index contributed by atoms with van der Waals surface area (Å²) in [5, 5.41) is 12.3. The molecule has 132 valence electrons. The highest BCUT2D eigenvalue weighted by molar-refractivity contribution is 5.94. The van der Waals surface area contributed by atoms with E-state index in [1.807, 2.05) is 18.2 Å². The van der Waals surface area contributed by atoms with Crippen molar-refractivity contribution in [2.75, 3.05) is 13.2 Å². The number of hydrogen-bond donors (Lipinski definition) is 2. The van der Waals surface area contributed by atoms with Gasteiger partial charge in [-0.25, -0.2) is 4.39 Å². The maximum atomic E-state index is 13.2. The number of aliphatic hydroxyl groups is 1. The van der Waals surface area contributed by atoms with Crippen LogP contribution in [0.3, 0.4) is 0 Å². The van der Waals surface area contributed by atoms with Crippen LogP contribution in [0.15, 0.2) is 48.5 Å². The van der Waals surface area contributed by atoms with Crippen molar-refractivity contribution in [2.24, 2.45) is 0 Å². The number of carbonyl (C=O) groups is 1. The third-order valence-corrected chi connectivity index (χ3v) is 4.73. The first-order valence-electron chi connectivity index (χ1n) is 8.63. The summed E-state index contributed by atoms with van der Waals surface area (Å²) in [6.07, 6.45) is 2.12. The second-order valence-electron chi connectivity index (χ2n) is 6.41. The number of rotatable bonds is 6. The van der Waals surface area contributed by atoms with Crippen LogP contribution in [0.5, 0.6) is 0 Å². The Balaban J connectivity index is 1.66. The normalized spacial score (nSPS) is 17.6. The molecule has 1 saturated heterocycles. The Labute approximate surface area is 147 Å². The molecular formula is C20H23FN2O2. The number of benzene rings is 2. The zero-order valence-electron chi connectivity index (χ0n) is 14.1. The molecule has 1 amide bonds. The number of nitrogens with one attached hydrogen (secondary N) is 1. The molecule has 1 heterocycles. The van der Waals surface area contributed by atoms with Gasteiger partial charge in [0.15, 0.2) is 0 Å². The SMILES string of the molecule is O=C(NCc1ccccc1CN1CCC[C@@H]1CO)c1cccc(F)c1. The van der Waals surface area contributed by atoms with Gasteiger partial charge in [0.2, 0.25) is 0 Å². The molecule has 5 heteroatoms. The molecule has 1 atom stereocenters. The van der Waals surface area contributed by atoms with Crippen molar-refractivity contribution in [3.8, 4) is 0 Å². The van der Waals surface area contributed by atoms with E-state index in [-0.39, 0.29) is 18.6 Å². The highest BCUT2D eigenvalue weighted by Crippen LogP contribution is 2.21. The van der Waals surface area contributed by atoms with Crippen molar-refractivity contribution in [3.05, 3.63) is 71.0 Å². The van der Waals surface area contributed by atoms with Crippen LogP contribution in [-0.2, 0) is 13.1 Å². The summed E-state index contributed by atoms with van der Waals surface area (Å²) in [6.45, 7) is 2.31. The van der Waals surface area contributed by atoms with Gasteiger partial charge in [-0.3, -0.25) is 9.69 Å². The van der Waals surface area contributed by atoms with Crippen LogP contribution >= 0.6 is 0 Å². The predicted molar refractivity (Wildman–Crippen MR) is 94.5 cm³/mol. The van der Waals surface area contributed by atoms with Gasteiger partial charge in [-0.2, -0.15) is 0 Å². The number of nitrogens with zero attached hydrogens (tertiary/aromatic N) is 1. The molecule has 2 N–H and O–H groups in total. The van der Waals surface area contributed by atoms with E-state index >= 15 is 0 Å². The summed E-state index contributed by atoms with van der Waals surface area (Å²) in [6, 6.07) is 13.9. The molecule has 3 rings (SSSR count). The molecular weight excluding hydrogens is 319 g/mol. The van der Waals surface area contributed by atoms with Crippen molar-refractivity contribution in [2.45, 2.75) is 32.0 Å². The van der Waals surface area contributed by atoms with Gasteiger partial charge in [-0.1, -0.05) is 30.3 Å². The molecule has 4 nitrogen and oxygen atoms in total. The minimum atomic E-state index is -0.419. The Bertz CT molecular complexity index is 735. The lowest BCUT2D eigenvalue weighted by Gasteiger charge is -2.24. The highest BCUT2D eigenvalue weighted by atomic mass is 19.1. The maximum Gasteiger partial charge on any atom is 0.251 e. The summed E-state index contributed by atoms with van der Waals surface area (Å²) in [5.74, 6) is -0.708. The third kappa shape index (κ3) is 4.44. The van der Waals surface area contributed by atoms with Crippen molar-refractivity contribution >= 4 is 5.91 Å². The zero-order chi connectivity index (χ0) is 17.6. The molecule has 1 aliphatic heterocycles. The Kier molecular flexibility index (Phi) is 5.79. The van der Waals surface area contributed by atoms with Gasteiger partial charge in [-0.05, 0) is 48.7 Å². The molecule has 1 aliphatic rings. The van der Waals surface area contributed by atoms with E-state index in [4.69, 9.17) is 0 Å². The quantitative estimate of drug-likeness (QED) is 0.849. The second-order valence-corrected chi connectivity index (χ2v) is 6.41. The van der Waals surface area contributed by atoms with Crippen LogP contribution in [0.25, 0.3) is 0 Å². The summed E-state index contributed by atoms with van der Waals surface area (Å²) in [5.41, 5.74) is 2.50. The molecule has 2 aromatic rings. The third-order valence-electron chi connectivity index (χ3n) is 4.73. The monoisotopic (exact) mass is 342 g/mol. The first-order valence-corrected chi connectivity index (χ1v) is 8.63. The summed E-state index contributed by atoms with van der Waals surface area (Å²) >= 11 is 0. The lowest BCUT2D eigenvalue weighted by molar-refractivity contribution is 0.0950. The van der Waals surface area contributed by atoms with Gasteiger partial charge < -0.3 is 10.4 Å². The van der Waals surface area contributed by atoms with Gasteiger partial charge in [-0.15, -0.1) is 0 Å². The molecule has 0 bridgehead atoms. The van der Waals surface area contributed by atoms with Crippen molar-refractivity contribution in [1.82, 2.24) is 10.2 Å². The first kappa shape index (κ1) is 17.6. The minimum absolute atomic E-state index is 0.179. The molecule has 0 radical (unpaired) electrons. The smallest absolute Gasteiger partial charge is 0.251 e. The topological polar surface area (TPSA) is 52.6 Å². The number of carbonyl (C=O) groups excluding carboxylic acids is 1. The standard InChI is InChI=1S/C20H23FN2O2/c21-18-8-3-7-15(11-18)20(25)22-12-16-5-1-2-6-17(16)13-23-10-4-9-19(23)14-24/h1-3,5-8,11,19,24H,4,9-10,12-14H2,(H,22,25)/t19-/m1/s1. The van der Waals surface area contributed by atoms with E-state index in [1.54, 1.807) is 6.07 Å². The van der Waals surface area contributed by atoms with Crippen LogP contribution in [0.4, 0.5) is 4.39 Å². The van der Waals surface area contributed by atoms with Gasteiger partial charge >= 0.3 is 0 Å². The zero-order valence-corrected chi connectivity index (χ0v) is 14.1. The van der Waals surface area contributed by atoms with Crippen LogP contribution < -0.4 is 5.32 Å². The van der Waals surface area contributed by atoms with Crippen LogP contribution in [0, 0.1) is 5.82 Å². The van der Waals surface area contributed by atoms with E-state index in [0.717, 1.165) is 37.1 Å². The van der Waals surface area contributed by atoms with E-state index < -0.39 is 5.82 Å². The molecule has 0 spiro atoms. The van der Waals surface area contributed by atoms with E-state index in [2.05, 4.69) is 16.3 Å².